The summed E-state index contributed by atoms with van der Waals surface area (Å²) in [5.41, 5.74) is 3.73. The van der Waals surface area contributed by atoms with Gasteiger partial charge in [-0.2, -0.15) is 0 Å². The summed E-state index contributed by atoms with van der Waals surface area (Å²) in [7, 11) is -2.79. The van der Waals surface area contributed by atoms with Gasteiger partial charge in [-0.25, -0.2) is 8.42 Å². The van der Waals surface area contributed by atoms with Crippen molar-refractivity contribution in [2.75, 3.05) is 24.5 Å². The van der Waals surface area contributed by atoms with Crippen LogP contribution in [0.5, 0.6) is 5.75 Å². The molecule has 0 saturated heterocycles. The summed E-state index contributed by atoms with van der Waals surface area (Å²) in [5.74, 6) is -0.311. The van der Waals surface area contributed by atoms with E-state index in [4.69, 9.17) is 16.3 Å². The molecule has 4 rings (SSSR count). The van der Waals surface area contributed by atoms with Crippen LogP contribution >= 0.6 is 11.6 Å². The van der Waals surface area contributed by atoms with Crippen molar-refractivity contribution in [3.8, 4) is 5.75 Å². The van der Waals surface area contributed by atoms with Gasteiger partial charge < -0.3 is 15.0 Å². The molecule has 0 bridgehead atoms. The molecule has 2 amide bonds. The van der Waals surface area contributed by atoms with E-state index in [1.54, 1.807) is 24.3 Å². The second kappa shape index (κ2) is 16.0. The van der Waals surface area contributed by atoms with Crippen LogP contribution in [0.15, 0.2) is 102 Å². The lowest BCUT2D eigenvalue weighted by atomic mass is 10.0. The summed E-state index contributed by atoms with van der Waals surface area (Å²) in [6.07, 6.45) is 0.238. The number of methoxy groups -OCH3 is 1. The number of hydrogen-bond acceptors (Lipinski definition) is 5. The molecule has 8 nitrogen and oxygen atoms in total. The van der Waals surface area contributed by atoms with Crippen LogP contribution in [0, 0.1) is 19.8 Å². The topological polar surface area (TPSA) is 96.0 Å². The number of rotatable bonds is 14. The van der Waals surface area contributed by atoms with Crippen LogP contribution in [-0.2, 0) is 32.6 Å². The van der Waals surface area contributed by atoms with Crippen molar-refractivity contribution in [3.05, 3.63) is 124 Å². The number of ether oxygens (including phenoxy) is 1. The van der Waals surface area contributed by atoms with Crippen molar-refractivity contribution in [2.24, 2.45) is 5.92 Å². The zero-order valence-electron chi connectivity index (χ0n) is 27.4. The SMILES string of the molecule is COc1ccc(N(CC(=O)N(Cc2ccccc2C)[C@@H](Cc2ccccc2)C(=O)NCC(C)C)S(=O)(=O)c2ccc(C)cc2)cc1Cl. The van der Waals surface area contributed by atoms with Gasteiger partial charge in [0.15, 0.2) is 0 Å². The molecule has 0 radical (unpaired) electrons. The van der Waals surface area contributed by atoms with Crippen molar-refractivity contribution >= 4 is 39.1 Å². The Balaban J connectivity index is 1.83. The third-order valence-corrected chi connectivity index (χ3v) is 9.95. The Bertz CT molecular complexity index is 1780. The van der Waals surface area contributed by atoms with Crippen LogP contribution in [0.4, 0.5) is 5.69 Å². The molecule has 4 aromatic rings. The number of amides is 2. The minimum Gasteiger partial charge on any atom is -0.495 e. The van der Waals surface area contributed by atoms with Crippen molar-refractivity contribution in [1.29, 1.82) is 0 Å². The number of anilines is 1. The first-order valence-corrected chi connectivity index (χ1v) is 17.3. The Labute approximate surface area is 283 Å². The molecule has 10 heteroatoms. The average molecular weight is 676 g/mol. The standard InChI is InChI=1S/C37H42ClN3O5S/c1-26(2)23-39-37(43)34(21-29-12-7-6-8-13-29)40(24-30-14-10-9-11-28(30)4)36(42)25-41(31-17-20-35(46-5)33(38)22-31)47(44,45)32-18-15-27(3)16-19-32/h6-20,22,26,34H,21,23-25H2,1-5H3,(H,39,43)/t34-/m0/s1. The Hall–Kier alpha value is -4.34. The van der Waals surface area contributed by atoms with Crippen LogP contribution < -0.4 is 14.4 Å². The Morgan fingerprint density at radius 3 is 2.17 bits per heavy atom. The molecule has 0 spiro atoms. The third kappa shape index (κ3) is 9.14. The number of benzene rings is 4. The Morgan fingerprint density at radius 1 is 0.894 bits per heavy atom. The number of halogens is 1. The van der Waals surface area contributed by atoms with Crippen LogP contribution in [0.2, 0.25) is 5.02 Å². The molecule has 0 heterocycles. The molecule has 0 unspecified atom stereocenters. The highest BCUT2D eigenvalue weighted by Gasteiger charge is 2.35. The number of hydrogen-bond donors (Lipinski definition) is 1. The summed E-state index contributed by atoms with van der Waals surface area (Å²) < 4.78 is 34.8. The van der Waals surface area contributed by atoms with Gasteiger partial charge >= 0.3 is 0 Å². The van der Waals surface area contributed by atoms with Crippen LogP contribution in [0.25, 0.3) is 0 Å². The lowest BCUT2D eigenvalue weighted by Crippen LogP contribution is -2.53. The summed E-state index contributed by atoms with van der Waals surface area (Å²) >= 11 is 6.46. The average Bonchev–Trinajstić information content (AvgIpc) is 3.05. The predicted octanol–water partition coefficient (Wildman–Crippen LogP) is 6.57. The number of sulfonamides is 1. The van der Waals surface area contributed by atoms with E-state index < -0.39 is 28.5 Å². The molecule has 0 fully saturated rings. The summed E-state index contributed by atoms with van der Waals surface area (Å²) in [6, 6.07) is 27.2. The largest absolute Gasteiger partial charge is 0.495 e. The maximum atomic E-state index is 14.6. The molecular formula is C37H42ClN3O5S. The van der Waals surface area contributed by atoms with E-state index in [0.717, 1.165) is 26.6 Å². The van der Waals surface area contributed by atoms with E-state index in [2.05, 4.69) is 5.32 Å². The molecule has 1 atom stereocenters. The lowest BCUT2D eigenvalue weighted by molar-refractivity contribution is -0.140. The zero-order valence-corrected chi connectivity index (χ0v) is 29.0. The minimum absolute atomic E-state index is 0.0174. The van der Waals surface area contributed by atoms with Crippen molar-refractivity contribution in [3.63, 3.8) is 0 Å². The molecule has 0 aliphatic carbocycles. The first-order valence-electron chi connectivity index (χ1n) is 15.5. The number of aryl methyl sites for hydroxylation is 2. The van der Waals surface area contributed by atoms with Crippen molar-refractivity contribution in [2.45, 2.75) is 51.6 Å². The molecule has 47 heavy (non-hydrogen) atoms. The number of carbonyl (C=O) groups is 2. The maximum Gasteiger partial charge on any atom is 0.264 e. The molecule has 0 aliphatic heterocycles. The maximum absolute atomic E-state index is 14.6. The van der Waals surface area contributed by atoms with E-state index in [0.29, 0.717) is 12.3 Å². The fraction of sp³-hybridized carbons (Fsp3) is 0.297. The monoisotopic (exact) mass is 675 g/mol. The number of nitrogens with one attached hydrogen (secondary N) is 1. The molecule has 0 saturated carbocycles. The lowest BCUT2D eigenvalue weighted by Gasteiger charge is -2.34. The molecule has 248 valence electrons. The highest BCUT2D eigenvalue weighted by atomic mass is 35.5. The van der Waals surface area contributed by atoms with Crippen LogP contribution in [0.3, 0.4) is 0 Å². The first-order chi connectivity index (χ1) is 22.4. The van der Waals surface area contributed by atoms with Gasteiger partial charge in [-0.3, -0.25) is 13.9 Å². The van der Waals surface area contributed by atoms with Gasteiger partial charge in [0.25, 0.3) is 10.0 Å². The van der Waals surface area contributed by atoms with Gasteiger partial charge in [0.2, 0.25) is 11.8 Å². The normalized spacial score (nSPS) is 12.0. The van der Waals surface area contributed by atoms with Gasteiger partial charge in [-0.05, 0) is 66.8 Å². The first kappa shape index (κ1) is 35.5. The van der Waals surface area contributed by atoms with E-state index in [1.807, 2.05) is 82.3 Å². The number of nitrogens with zero attached hydrogens (tertiary/aromatic N) is 2. The molecule has 0 aliphatic rings. The quantitative estimate of drug-likeness (QED) is 0.163. The van der Waals surface area contributed by atoms with Crippen LogP contribution in [0.1, 0.15) is 36.1 Å². The van der Waals surface area contributed by atoms with Gasteiger partial charge in [0.1, 0.15) is 18.3 Å². The highest BCUT2D eigenvalue weighted by Crippen LogP contribution is 2.32. The smallest absolute Gasteiger partial charge is 0.264 e. The Morgan fingerprint density at radius 2 is 1.55 bits per heavy atom. The van der Waals surface area contributed by atoms with Gasteiger partial charge in [-0.15, -0.1) is 0 Å². The van der Waals surface area contributed by atoms with E-state index in [1.165, 1.54) is 30.2 Å². The Kier molecular flexibility index (Phi) is 12.1. The van der Waals surface area contributed by atoms with Crippen LogP contribution in [-0.4, -0.2) is 51.4 Å². The van der Waals surface area contributed by atoms with E-state index >= 15 is 0 Å². The second-order valence-electron chi connectivity index (χ2n) is 11.9. The third-order valence-electron chi connectivity index (χ3n) is 7.87. The minimum atomic E-state index is -4.26. The highest BCUT2D eigenvalue weighted by molar-refractivity contribution is 7.92. The van der Waals surface area contributed by atoms with E-state index in [9.17, 15) is 18.0 Å². The second-order valence-corrected chi connectivity index (χ2v) is 14.2. The van der Waals surface area contributed by atoms with E-state index in [-0.39, 0.29) is 40.4 Å². The molecule has 1 N–H and O–H groups in total. The summed E-state index contributed by atoms with van der Waals surface area (Å²) in [5, 5.41) is 3.20. The fourth-order valence-electron chi connectivity index (χ4n) is 5.12. The van der Waals surface area contributed by atoms with Crippen molar-refractivity contribution < 1.29 is 22.7 Å². The van der Waals surface area contributed by atoms with Gasteiger partial charge in [-0.1, -0.05) is 97.7 Å². The van der Waals surface area contributed by atoms with Gasteiger partial charge in [0, 0.05) is 19.5 Å². The number of carbonyl (C=O) groups excluding carboxylic acids is 2. The predicted molar refractivity (Wildman–Crippen MR) is 187 cm³/mol. The molecule has 0 aromatic heterocycles. The molecular weight excluding hydrogens is 634 g/mol. The van der Waals surface area contributed by atoms with Gasteiger partial charge in [0.05, 0.1) is 22.7 Å². The zero-order chi connectivity index (χ0) is 34.1. The summed E-state index contributed by atoms with van der Waals surface area (Å²) in [6.45, 7) is 7.74. The fourth-order valence-corrected chi connectivity index (χ4v) is 6.78. The van der Waals surface area contributed by atoms with Crippen molar-refractivity contribution in [1.82, 2.24) is 10.2 Å². The summed E-state index contributed by atoms with van der Waals surface area (Å²) in [4.78, 5) is 30.1. The molecule has 4 aromatic carbocycles.